The first kappa shape index (κ1) is 17.4. The zero-order valence-corrected chi connectivity index (χ0v) is 14.4. The highest BCUT2D eigenvalue weighted by Crippen LogP contribution is 2.15. The van der Waals surface area contributed by atoms with Crippen molar-refractivity contribution < 1.29 is 9.21 Å². The number of furan rings is 1. The van der Waals surface area contributed by atoms with Crippen LogP contribution in [0.1, 0.15) is 11.5 Å². The number of para-hydroxylation sites is 1. The van der Waals surface area contributed by atoms with E-state index in [0.717, 1.165) is 35.3 Å². The molecule has 0 saturated heterocycles. The van der Waals surface area contributed by atoms with E-state index in [4.69, 9.17) is 4.42 Å². The van der Waals surface area contributed by atoms with Gasteiger partial charge in [-0.3, -0.25) is 0 Å². The minimum absolute atomic E-state index is 0.178. The van der Waals surface area contributed by atoms with Crippen molar-refractivity contribution >= 4 is 23.5 Å². The number of benzene rings is 1. The Kier molecular flexibility index (Phi) is 7.03. The SMILES string of the molecule is CN(C)Cc1ccc(CSCCNC(=O)Nc2ccccc2)o1. The van der Waals surface area contributed by atoms with E-state index in [1.54, 1.807) is 11.8 Å². The minimum atomic E-state index is -0.178. The Morgan fingerprint density at radius 1 is 1.13 bits per heavy atom. The van der Waals surface area contributed by atoms with Crippen LogP contribution in [0.2, 0.25) is 0 Å². The van der Waals surface area contributed by atoms with Gasteiger partial charge >= 0.3 is 6.03 Å². The maximum absolute atomic E-state index is 11.7. The predicted octanol–water partition coefficient (Wildman–Crippen LogP) is 3.40. The van der Waals surface area contributed by atoms with Gasteiger partial charge in [-0.25, -0.2) is 4.79 Å². The maximum Gasteiger partial charge on any atom is 0.319 e. The number of rotatable bonds is 8. The second kappa shape index (κ2) is 9.27. The molecular weight excluding hydrogens is 310 g/mol. The van der Waals surface area contributed by atoms with Crippen LogP contribution in [-0.2, 0) is 12.3 Å². The molecule has 2 amide bonds. The molecule has 0 bridgehead atoms. The molecule has 2 rings (SSSR count). The third-order valence-corrected chi connectivity index (χ3v) is 3.98. The predicted molar refractivity (Wildman–Crippen MR) is 95.7 cm³/mol. The topological polar surface area (TPSA) is 57.5 Å². The molecule has 0 aliphatic heterocycles. The zero-order valence-electron chi connectivity index (χ0n) is 13.5. The van der Waals surface area contributed by atoms with Crippen molar-refractivity contribution in [3.05, 3.63) is 54.0 Å². The average molecular weight is 333 g/mol. The van der Waals surface area contributed by atoms with Gasteiger partial charge < -0.3 is 20.0 Å². The van der Waals surface area contributed by atoms with Crippen molar-refractivity contribution in [3.8, 4) is 0 Å². The van der Waals surface area contributed by atoms with Gasteiger partial charge in [0, 0.05) is 18.0 Å². The Labute approximate surface area is 141 Å². The van der Waals surface area contributed by atoms with Gasteiger partial charge in [0.15, 0.2) is 0 Å². The molecule has 0 atom stereocenters. The van der Waals surface area contributed by atoms with Gasteiger partial charge in [0.25, 0.3) is 0 Å². The number of urea groups is 1. The van der Waals surface area contributed by atoms with Crippen molar-refractivity contribution in [1.82, 2.24) is 10.2 Å². The van der Waals surface area contributed by atoms with Gasteiger partial charge in [0.2, 0.25) is 0 Å². The summed E-state index contributed by atoms with van der Waals surface area (Å²) in [6, 6.07) is 13.3. The van der Waals surface area contributed by atoms with E-state index in [0.29, 0.717) is 6.54 Å². The molecule has 124 valence electrons. The molecule has 0 radical (unpaired) electrons. The molecular formula is C17H23N3O2S. The van der Waals surface area contributed by atoms with E-state index in [-0.39, 0.29) is 6.03 Å². The number of anilines is 1. The Morgan fingerprint density at radius 2 is 1.87 bits per heavy atom. The van der Waals surface area contributed by atoms with E-state index in [1.165, 1.54) is 0 Å². The van der Waals surface area contributed by atoms with Crippen molar-refractivity contribution in [1.29, 1.82) is 0 Å². The first-order valence-electron chi connectivity index (χ1n) is 7.53. The molecule has 1 aromatic heterocycles. The molecule has 2 aromatic rings. The third kappa shape index (κ3) is 6.80. The fraction of sp³-hybridized carbons (Fsp3) is 0.353. The van der Waals surface area contributed by atoms with Crippen LogP contribution in [0.25, 0.3) is 0 Å². The zero-order chi connectivity index (χ0) is 16.5. The van der Waals surface area contributed by atoms with Crippen molar-refractivity contribution in [2.75, 3.05) is 31.7 Å². The monoisotopic (exact) mass is 333 g/mol. The summed E-state index contributed by atoms with van der Waals surface area (Å²) in [6.45, 7) is 1.43. The third-order valence-electron chi connectivity index (χ3n) is 3.00. The Morgan fingerprint density at radius 3 is 2.61 bits per heavy atom. The molecule has 6 heteroatoms. The van der Waals surface area contributed by atoms with Gasteiger partial charge in [0.05, 0.1) is 12.3 Å². The maximum atomic E-state index is 11.7. The molecule has 0 saturated carbocycles. The first-order valence-corrected chi connectivity index (χ1v) is 8.69. The van der Waals surface area contributed by atoms with Crippen molar-refractivity contribution in [2.45, 2.75) is 12.3 Å². The number of hydrogen-bond acceptors (Lipinski definition) is 4. The highest BCUT2D eigenvalue weighted by Gasteiger charge is 2.04. The van der Waals surface area contributed by atoms with Gasteiger partial charge in [0.1, 0.15) is 11.5 Å². The second-order valence-corrected chi connectivity index (χ2v) is 6.51. The number of amides is 2. The Balaban J connectivity index is 1.58. The molecule has 5 nitrogen and oxygen atoms in total. The molecule has 0 spiro atoms. The number of nitrogens with zero attached hydrogens (tertiary/aromatic N) is 1. The highest BCUT2D eigenvalue weighted by molar-refractivity contribution is 7.98. The fourth-order valence-corrected chi connectivity index (χ4v) is 2.75. The minimum Gasteiger partial charge on any atom is -0.464 e. The summed E-state index contributed by atoms with van der Waals surface area (Å²) in [5, 5.41) is 5.63. The van der Waals surface area contributed by atoms with Crippen LogP contribution >= 0.6 is 11.8 Å². The molecule has 23 heavy (non-hydrogen) atoms. The van der Waals surface area contributed by atoms with E-state index in [2.05, 4.69) is 15.5 Å². The summed E-state index contributed by atoms with van der Waals surface area (Å²) in [5.41, 5.74) is 0.793. The van der Waals surface area contributed by atoms with Gasteiger partial charge in [-0.15, -0.1) is 0 Å². The Bertz CT molecular complexity index is 599. The average Bonchev–Trinajstić information content (AvgIpc) is 2.94. The number of thioether (sulfide) groups is 1. The van der Waals surface area contributed by atoms with E-state index >= 15 is 0 Å². The van der Waals surface area contributed by atoms with Crippen LogP contribution in [0.5, 0.6) is 0 Å². The summed E-state index contributed by atoms with van der Waals surface area (Å²) < 4.78 is 5.74. The lowest BCUT2D eigenvalue weighted by Gasteiger charge is -2.07. The van der Waals surface area contributed by atoms with Crippen LogP contribution in [0.3, 0.4) is 0 Å². The van der Waals surface area contributed by atoms with Gasteiger partial charge in [-0.05, 0) is 38.4 Å². The summed E-state index contributed by atoms with van der Waals surface area (Å²) in [7, 11) is 4.03. The van der Waals surface area contributed by atoms with Crippen molar-refractivity contribution in [3.63, 3.8) is 0 Å². The molecule has 0 aliphatic carbocycles. The summed E-state index contributed by atoms with van der Waals surface area (Å²) >= 11 is 1.74. The fourth-order valence-electron chi connectivity index (χ4n) is 2.00. The number of hydrogen-bond donors (Lipinski definition) is 2. The van der Waals surface area contributed by atoms with Gasteiger partial charge in [-0.1, -0.05) is 18.2 Å². The molecule has 1 heterocycles. The number of nitrogens with one attached hydrogen (secondary N) is 2. The lowest BCUT2D eigenvalue weighted by atomic mass is 10.3. The normalized spacial score (nSPS) is 10.7. The van der Waals surface area contributed by atoms with Crippen LogP contribution < -0.4 is 10.6 Å². The molecule has 1 aromatic carbocycles. The lowest BCUT2D eigenvalue weighted by molar-refractivity contribution is 0.252. The van der Waals surface area contributed by atoms with E-state index in [9.17, 15) is 4.79 Å². The number of carbonyl (C=O) groups is 1. The largest absolute Gasteiger partial charge is 0.464 e. The highest BCUT2D eigenvalue weighted by atomic mass is 32.2. The van der Waals surface area contributed by atoms with E-state index < -0.39 is 0 Å². The summed E-state index contributed by atoms with van der Waals surface area (Å²) in [6.07, 6.45) is 0. The molecule has 0 unspecified atom stereocenters. The van der Waals surface area contributed by atoms with Crippen LogP contribution in [0.4, 0.5) is 10.5 Å². The van der Waals surface area contributed by atoms with Crippen molar-refractivity contribution in [2.24, 2.45) is 0 Å². The van der Waals surface area contributed by atoms with E-state index in [1.807, 2.05) is 56.6 Å². The molecule has 0 aliphatic rings. The van der Waals surface area contributed by atoms with Crippen LogP contribution in [-0.4, -0.2) is 37.3 Å². The smallest absolute Gasteiger partial charge is 0.319 e. The lowest BCUT2D eigenvalue weighted by Crippen LogP contribution is -2.30. The van der Waals surface area contributed by atoms with Gasteiger partial charge in [-0.2, -0.15) is 11.8 Å². The number of carbonyl (C=O) groups excluding carboxylic acids is 1. The quantitative estimate of drug-likeness (QED) is 0.727. The van der Waals surface area contributed by atoms with Crippen LogP contribution in [0.15, 0.2) is 46.9 Å². The Hall–Kier alpha value is -1.92. The van der Waals surface area contributed by atoms with Crippen LogP contribution in [0, 0.1) is 0 Å². The molecule has 2 N–H and O–H groups in total. The summed E-state index contributed by atoms with van der Waals surface area (Å²) in [5.74, 6) is 3.60. The standard InChI is InChI=1S/C17H23N3O2S/c1-20(2)12-15-8-9-16(22-15)13-23-11-10-18-17(21)19-14-6-4-3-5-7-14/h3-9H,10-13H2,1-2H3,(H2,18,19,21). The second-order valence-electron chi connectivity index (χ2n) is 5.41. The summed E-state index contributed by atoms with van der Waals surface area (Å²) in [4.78, 5) is 13.8. The first-order chi connectivity index (χ1) is 11.1. The molecule has 0 fully saturated rings.